The number of carbonyl (C=O) groups excluding carboxylic acids is 1. The number of esters is 1. The Balaban J connectivity index is 2.36. The molecule has 1 aliphatic rings. The molecule has 1 unspecified atom stereocenters. The summed E-state index contributed by atoms with van der Waals surface area (Å²) in [5, 5.41) is 14.5. The first kappa shape index (κ1) is 12.5. The third-order valence-corrected chi connectivity index (χ3v) is 2.73. The minimum absolute atomic E-state index is 0.0381. The van der Waals surface area contributed by atoms with Crippen molar-refractivity contribution in [3.63, 3.8) is 0 Å². The van der Waals surface area contributed by atoms with E-state index in [9.17, 15) is 14.9 Å². The maximum Gasteiger partial charge on any atom is 0.390 e. The summed E-state index contributed by atoms with van der Waals surface area (Å²) in [6.07, 6.45) is 2.09. The highest BCUT2D eigenvalue weighted by Gasteiger charge is 2.30. The Morgan fingerprint density at radius 3 is 3.00 bits per heavy atom. The van der Waals surface area contributed by atoms with Crippen LogP contribution < -0.4 is 0 Å². The van der Waals surface area contributed by atoms with Gasteiger partial charge in [0, 0.05) is 6.61 Å². The van der Waals surface area contributed by atoms with Crippen LogP contribution in [-0.2, 0) is 9.47 Å². The van der Waals surface area contributed by atoms with Crippen LogP contribution in [0.1, 0.15) is 36.0 Å². The second-order valence-corrected chi connectivity index (χ2v) is 3.90. The van der Waals surface area contributed by atoms with Crippen molar-refractivity contribution in [1.29, 1.82) is 0 Å². The fourth-order valence-electron chi connectivity index (χ4n) is 1.86. The molecule has 2 heterocycles. The summed E-state index contributed by atoms with van der Waals surface area (Å²) in [4.78, 5) is 21.6. The first-order valence-corrected chi connectivity index (χ1v) is 5.57. The van der Waals surface area contributed by atoms with Crippen molar-refractivity contribution in [1.82, 2.24) is 9.78 Å². The van der Waals surface area contributed by atoms with E-state index in [4.69, 9.17) is 4.74 Å². The van der Waals surface area contributed by atoms with E-state index in [2.05, 4.69) is 9.84 Å². The van der Waals surface area contributed by atoms with Gasteiger partial charge in [-0.25, -0.2) is 4.79 Å². The summed E-state index contributed by atoms with van der Waals surface area (Å²) in [5.74, 6) is -1.05. The highest BCUT2D eigenvalue weighted by molar-refractivity contribution is 5.88. The molecule has 1 aliphatic heterocycles. The standard InChI is InChI=1S/C10H13N3O5/c1-17-10(14)7-6-8(13(15)16)11-12(7)9-4-2-3-5-18-9/h6,9H,2-5H2,1H3. The van der Waals surface area contributed by atoms with Crippen LogP contribution in [0.2, 0.25) is 0 Å². The van der Waals surface area contributed by atoms with Crippen LogP contribution in [0.5, 0.6) is 0 Å². The lowest BCUT2D eigenvalue weighted by Gasteiger charge is -2.21. The van der Waals surface area contributed by atoms with Crippen LogP contribution in [0.3, 0.4) is 0 Å². The van der Waals surface area contributed by atoms with Crippen LogP contribution in [-0.4, -0.2) is 34.4 Å². The van der Waals surface area contributed by atoms with Crippen molar-refractivity contribution in [3.05, 3.63) is 21.9 Å². The van der Waals surface area contributed by atoms with Crippen molar-refractivity contribution in [2.24, 2.45) is 0 Å². The zero-order valence-electron chi connectivity index (χ0n) is 9.87. The van der Waals surface area contributed by atoms with E-state index in [0.29, 0.717) is 13.0 Å². The lowest BCUT2D eigenvalue weighted by atomic mass is 10.2. The van der Waals surface area contributed by atoms with Gasteiger partial charge in [0.25, 0.3) is 0 Å². The predicted octanol–water partition coefficient (Wildman–Crippen LogP) is 1.28. The minimum Gasteiger partial charge on any atom is -0.464 e. The Labute approximate surface area is 103 Å². The molecule has 0 bridgehead atoms. The molecule has 0 amide bonds. The van der Waals surface area contributed by atoms with Gasteiger partial charge in [-0.3, -0.25) is 0 Å². The minimum atomic E-state index is -0.662. The fraction of sp³-hybridized carbons (Fsp3) is 0.600. The van der Waals surface area contributed by atoms with E-state index in [1.807, 2.05) is 0 Å². The summed E-state index contributed by atoms with van der Waals surface area (Å²) in [6.45, 7) is 0.555. The molecule has 2 rings (SSSR count). The molecule has 0 aliphatic carbocycles. The Morgan fingerprint density at radius 2 is 2.44 bits per heavy atom. The number of carbonyl (C=O) groups is 1. The van der Waals surface area contributed by atoms with Crippen molar-refractivity contribution in [2.45, 2.75) is 25.5 Å². The molecule has 0 aromatic carbocycles. The third kappa shape index (κ3) is 2.33. The van der Waals surface area contributed by atoms with Gasteiger partial charge in [0.1, 0.15) is 0 Å². The molecular weight excluding hydrogens is 242 g/mol. The second-order valence-electron chi connectivity index (χ2n) is 3.90. The molecule has 1 atom stereocenters. The molecule has 0 N–H and O–H groups in total. The van der Waals surface area contributed by atoms with Gasteiger partial charge in [0.05, 0.1) is 18.3 Å². The summed E-state index contributed by atoms with van der Waals surface area (Å²) >= 11 is 0. The van der Waals surface area contributed by atoms with Gasteiger partial charge >= 0.3 is 11.8 Å². The number of hydrogen-bond acceptors (Lipinski definition) is 6. The first-order valence-electron chi connectivity index (χ1n) is 5.57. The quantitative estimate of drug-likeness (QED) is 0.458. The van der Waals surface area contributed by atoms with E-state index in [1.165, 1.54) is 11.8 Å². The van der Waals surface area contributed by atoms with E-state index in [0.717, 1.165) is 18.9 Å². The summed E-state index contributed by atoms with van der Waals surface area (Å²) in [6, 6.07) is 1.10. The number of nitro groups is 1. The summed E-state index contributed by atoms with van der Waals surface area (Å²) in [5.41, 5.74) is 0.0381. The molecule has 8 nitrogen and oxygen atoms in total. The van der Waals surface area contributed by atoms with Crippen LogP contribution >= 0.6 is 0 Å². The summed E-state index contributed by atoms with van der Waals surface area (Å²) in [7, 11) is 1.22. The molecular formula is C10H13N3O5. The van der Waals surface area contributed by atoms with Gasteiger partial charge in [0.2, 0.25) is 0 Å². The average molecular weight is 255 g/mol. The lowest BCUT2D eigenvalue weighted by Crippen LogP contribution is -2.23. The van der Waals surface area contributed by atoms with Crippen molar-refractivity contribution in [2.75, 3.05) is 13.7 Å². The topological polar surface area (TPSA) is 96.5 Å². The SMILES string of the molecule is COC(=O)c1cc([N+](=O)[O-])nn1C1CCCCO1. The molecule has 18 heavy (non-hydrogen) atoms. The molecule has 1 aromatic rings. The highest BCUT2D eigenvalue weighted by atomic mass is 16.6. The van der Waals surface area contributed by atoms with Crippen LogP contribution in [0.15, 0.2) is 6.07 Å². The third-order valence-electron chi connectivity index (χ3n) is 2.73. The average Bonchev–Trinajstić information content (AvgIpc) is 2.84. The van der Waals surface area contributed by atoms with Crippen LogP contribution in [0.25, 0.3) is 0 Å². The Kier molecular flexibility index (Phi) is 3.56. The number of ether oxygens (including phenoxy) is 2. The van der Waals surface area contributed by atoms with Crippen LogP contribution in [0, 0.1) is 10.1 Å². The summed E-state index contributed by atoms with van der Waals surface area (Å²) < 4.78 is 11.3. The Bertz CT molecular complexity index is 464. The van der Waals surface area contributed by atoms with E-state index < -0.39 is 17.1 Å². The van der Waals surface area contributed by atoms with Gasteiger partial charge in [0.15, 0.2) is 11.9 Å². The Hall–Kier alpha value is -1.96. The molecule has 98 valence electrons. The van der Waals surface area contributed by atoms with Crippen molar-refractivity contribution < 1.29 is 19.2 Å². The molecule has 1 fully saturated rings. The lowest BCUT2D eigenvalue weighted by molar-refractivity contribution is -0.390. The smallest absolute Gasteiger partial charge is 0.390 e. The van der Waals surface area contributed by atoms with Gasteiger partial charge in [-0.1, -0.05) is 0 Å². The number of rotatable bonds is 3. The predicted molar refractivity (Wildman–Crippen MR) is 59.1 cm³/mol. The zero-order chi connectivity index (χ0) is 13.1. The zero-order valence-corrected chi connectivity index (χ0v) is 9.87. The monoisotopic (exact) mass is 255 g/mol. The number of aromatic nitrogens is 2. The second kappa shape index (κ2) is 5.13. The van der Waals surface area contributed by atoms with E-state index >= 15 is 0 Å². The maximum atomic E-state index is 11.6. The van der Waals surface area contributed by atoms with Crippen molar-refractivity contribution >= 4 is 11.8 Å². The molecule has 0 saturated carbocycles. The maximum absolute atomic E-state index is 11.6. The number of methoxy groups -OCH3 is 1. The van der Waals surface area contributed by atoms with Gasteiger partial charge < -0.3 is 19.6 Å². The normalized spacial score (nSPS) is 19.5. The van der Waals surface area contributed by atoms with Crippen molar-refractivity contribution in [3.8, 4) is 0 Å². The van der Waals surface area contributed by atoms with Gasteiger partial charge in [-0.2, -0.15) is 0 Å². The molecule has 0 spiro atoms. The molecule has 8 heteroatoms. The highest BCUT2D eigenvalue weighted by Crippen LogP contribution is 2.25. The molecule has 0 radical (unpaired) electrons. The van der Waals surface area contributed by atoms with E-state index in [-0.39, 0.29) is 11.5 Å². The van der Waals surface area contributed by atoms with Gasteiger partial charge in [-0.05, 0) is 24.2 Å². The number of hydrogen-bond donors (Lipinski definition) is 0. The first-order chi connectivity index (χ1) is 8.63. The molecule has 1 saturated heterocycles. The molecule has 1 aromatic heterocycles. The largest absolute Gasteiger partial charge is 0.464 e. The van der Waals surface area contributed by atoms with Crippen LogP contribution in [0.4, 0.5) is 5.82 Å². The fourth-order valence-corrected chi connectivity index (χ4v) is 1.86. The van der Waals surface area contributed by atoms with E-state index in [1.54, 1.807) is 0 Å². The Morgan fingerprint density at radius 1 is 1.67 bits per heavy atom. The van der Waals surface area contributed by atoms with Gasteiger partial charge in [-0.15, -0.1) is 4.68 Å². The number of nitrogens with zero attached hydrogens (tertiary/aromatic N) is 3.